The first kappa shape index (κ1) is 32.0. The van der Waals surface area contributed by atoms with Crippen LogP contribution in [-0.2, 0) is 10.8 Å². The molecule has 0 N–H and O–H groups in total. The Labute approximate surface area is 320 Å². The molecule has 0 bridgehead atoms. The van der Waals surface area contributed by atoms with E-state index in [4.69, 9.17) is 0 Å². The highest BCUT2D eigenvalue weighted by molar-refractivity contribution is 7.00. The molecule has 1 fully saturated rings. The lowest BCUT2D eigenvalue weighted by molar-refractivity contribution is 0.195. The normalized spacial score (nSPS) is 20.5. The maximum Gasteiger partial charge on any atom is 0.252 e. The molecule has 7 aromatic rings. The number of hydrogen-bond donors (Lipinski definition) is 0. The van der Waals surface area contributed by atoms with Gasteiger partial charge in [-0.15, -0.1) is 0 Å². The van der Waals surface area contributed by atoms with Crippen molar-refractivity contribution in [3.63, 3.8) is 0 Å². The summed E-state index contributed by atoms with van der Waals surface area (Å²) in [6.45, 7) is 12.5. The van der Waals surface area contributed by atoms with Crippen LogP contribution in [0, 0.1) is 0 Å². The Kier molecular flexibility index (Phi) is 6.54. The zero-order chi connectivity index (χ0) is 36.6. The number of benzene rings is 6. The highest BCUT2D eigenvalue weighted by atomic mass is 15.3. The fourth-order valence-corrected chi connectivity index (χ4v) is 11.3. The van der Waals surface area contributed by atoms with E-state index in [1.807, 2.05) is 0 Å². The summed E-state index contributed by atoms with van der Waals surface area (Å²) >= 11 is 0. The van der Waals surface area contributed by atoms with Crippen LogP contribution in [0.15, 0.2) is 140 Å². The number of aromatic nitrogens is 1. The second kappa shape index (κ2) is 11.0. The van der Waals surface area contributed by atoms with E-state index in [1.54, 1.807) is 0 Å². The minimum Gasteiger partial charge on any atom is -0.335 e. The van der Waals surface area contributed by atoms with Gasteiger partial charge in [-0.1, -0.05) is 144 Å². The van der Waals surface area contributed by atoms with Crippen molar-refractivity contribution in [1.82, 2.24) is 4.57 Å². The number of fused-ring (bicyclic) bond motifs is 7. The fraction of sp³-hybridized carbons (Fsp3) is 0.240. The average molecular weight is 700 g/mol. The smallest absolute Gasteiger partial charge is 0.252 e. The molecule has 3 aliphatic heterocycles. The molecule has 54 heavy (non-hydrogen) atoms. The number of para-hydroxylation sites is 4. The van der Waals surface area contributed by atoms with Gasteiger partial charge in [0, 0.05) is 44.8 Å². The van der Waals surface area contributed by atoms with Crippen molar-refractivity contribution in [2.45, 2.75) is 76.7 Å². The van der Waals surface area contributed by atoms with Gasteiger partial charge >= 0.3 is 0 Å². The molecule has 3 nitrogen and oxygen atoms in total. The Morgan fingerprint density at radius 2 is 1.24 bits per heavy atom. The fourth-order valence-electron chi connectivity index (χ4n) is 11.3. The zero-order valence-electron chi connectivity index (χ0n) is 32.0. The van der Waals surface area contributed by atoms with Crippen LogP contribution < -0.4 is 26.2 Å². The summed E-state index contributed by atoms with van der Waals surface area (Å²) in [6.07, 6.45) is 4.93. The van der Waals surface area contributed by atoms with Gasteiger partial charge < -0.3 is 14.4 Å². The van der Waals surface area contributed by atoms with Crippen molar-refractivity contribution in [2.24, 2.45) is 0 Å². The third kappa shape index (κ3) is 4.04. The quantitative estimate of drug-likeness (QED) is 0.169. The summed E-state index contributed by atoms with van der Waals surface area (Å²) in [5, 5.41) is 1.36. The molecule has 0 saturated heterocycles. The Bertz CT molecular complexity index is 2600. The van der Waals surface area contributed by atoms with E-state index in [0.29, 0.717) is 0 Å². The summed E-state index contributed by atoms with van der Waals surface area (Å²) in [5.41, 5.74) is 18.8. The molecule has 264 valence electrons. The highest BCUT2D eigenvalue weighted by Crippen LogP contribution is 2.62. The van der Waals surface area contributed by atoms with Crippen LogP contribution in [0.5, 0.6) is 0 Å². The van der Waals surface area contributed by atoms with Crippen molar-refractivity contribution in [1.29, 1.82) is 0 Å². The first-order valence-corrected chi connectivity index (χ1v) is 20.0. The summed E-state index contributed by atoms with van der Waals surface area (Å²) in [7, 11) is 0. The van der Waals surface area contributed by atoms with E-state index in [0.717, 1.165) is 11.4 Å². The lowest BCUT2D eigenvalue weighted by Crippen LogP contribution is -2.64. The Balaban J connectivity index is 1.33. The van der Waals surface area contributed by atoms with E-state index in [2.05, 4.69) is 189 Å². The van der Waals surface area contributed by atoms with Gasteiger partial charge in [0.2, 0.25) is 0 Å². The Morgan fingerprint density at radius 3 is 1.93 bits per heavy atom. The maximum atomic E-state index is 2.85. The molecule has 2 unspecified atom stereocenters. The Hall–Kier alpha value is -5.48. The third-order valence-electron chi connectivity index (χ3n) is 13.8. The molecule has 0 radical (unpaired) electrons. The number of rotatable bonds is 4. The van der Waals surface area contributed by atoms with Gasteiger partial charge in [0.25, 0.3) is 6.71 Å². The van der Waals surface area contributed by atoms with Gasteiger partial charge in [0.1, 0.15) is 0 Å². The molecule has 11 rings (SSSR count). The van der Waals surface area contributed by atoms with Gasteiger partial charge in [0.15, 0.2) is 0 Å². The topological polar surface area (TPSA) is 11.4 Å². The molecule has 0 amide bonds. The van der Waals surface area contributed by atoms with Gasteiger partial charge in [-0.2, -0.15) is 0 Å². The van der Waals surface area contributed by atoms with Crippen LogP contribution in [-0.4, -0.2) is 16.8 Å². The molecule has 4 aliphatic rings. The van der Waals surface area contributed by atoms with Crippen LogP contribution in [0.4, 0.5) is 28.4 Å². The zero-order valence-corrected chi connectivity index (χ0v) is 32.0. The van der Waals surface area contributed by atoms with E-state index in [-0.39, 0.29) is 23.1 Å². The van der Waals surface area contributed by atoms with Crippen molar-refractivity contribution in [2.75, 3.05) is 9.80 Å². The molecule has 1 saturated carbocycles. The van der Waals surface area contributed by atoms with Crippen molar-refractivity contribution in [3.05, 3.63) is 151 Å². The van der Waals surface area contributed by atoms with Crippen LogP contribution in [0.1, 0.15) is 71.4 Å². The van der Waals surface area contributed by atoms with E-state index >= 15 is 0 Å². The van der Waals surface area contributed by atoms with Crippen molar-refractivity contribution < 1.29 is 0 Å². The second-order valence-corrected chi connectivity index (χ2v) is 17.6. The van der Waals surface area contributed by atoms with Gasteiger partial charge in [-0.05, 0) is 94.7 Å². The van der Waals surface area contributed by atoms with Crippen LogP contribution >= 0.6 is 0 Å². The Morgan fingerprint density at radius 1 is 0.630 bits per heavy atom. The maximum absolute atomic E-state index is 2.85. The summed E-state index contributed by atoms with van der Waals surface area (Å²) in [4.78, 5) is 5.32. The lowest BCUT2D eigenvalue weighted by atomic mass is 9.33. The van der Waals surface area contributed by atoms with E-state index < -0.39 is 0 Å². The standard InChI is InChI=1S/C50H46BN3/c1-48(2,3)43-37-25-17-27-39-46(37)53(45(43)33-19-9-6-10-20-33)41-31-36(52(34-21-11-7-12-22-34)35-23-13-8-14-24-35)32-42-44(41)51(39)40-28-18-26-38-47(40)54(42)50(5)30-16-15-29-49(38,50)4/h6-14,17-28,31-32H,15-16,29-30H2,1-5H3. The molecule has 1 aromatic heterocycles. The molecular formula is C50H46BN3. The molecule has 4 heterocycles. The number of anilines is 5. The minimum atomic E-state index is -0.0893. The number of hydrogen-bond acceptors (Lipinski definition) is 2. The average Bonchev–Trinajstić information content (AvgIpc) is 3.65. The third-order valence-corrected chi connectivity index (χ3v) is 13.8. The summed E-state index contributed by atoms with van der Waals surface area (Å²) < 4.78 is 2.68. The molecule has 0 spiro atoms. The predicted molar refractivity (Wildman–Crippen MR) is 230 cm³/mol. The molecule has 4 heteroatoms. The first-order chi connectivity index (χ1) is 26.2. The van der Waals surface area contributed by atoms with Crippen molar-refractivity contribution in [3.8, 4) is 16.9 Å². The largest absolute Gasteiger partial charge is 0.335 e. The highest BCUT2D eigenvalue weighted by Gasteiger charge is 2.61. The molecule has 6 aromatic carbocycles. The van der Waals surface area contributed by atoms with Crippen LogP contribution in [0.3, 0.4) is 0 Å². The molecule has 2 atom stereocenters. The summed E-state index contributed by atoms with van der Waals surface area (Å²) in [6, 6.07) is 52.6. The van der Waals surface area contributed by atoms with E-state index in [1.165, 1.54) is 98.1 Å². The predicted octanol–water partition coefficient (Wildman–Crippen LogP) is 10.9. The lowest BCUT2D eigenvalue weighted by Gasteiger charge is -2.52. The minimum absolute atomic E-state index is 0.0484. The van der Waals surface area contributed by atoms with Gasteiger partial charge in [-0.3, -0.25) is 0 Å². The monoisotopic (exact) mass is 699 g/mol. The molecule has 1 aliphatic carbocycles. The summed E-state index contributed by atoms with van der Waals surface area (Å²) in [5.74, 6) is 0. The first-order valence-electron chi connectivity index (χ1n) is 20.0. The SMILES string of the molecule is CC(C)(C)c1c(-c2ccccc2)n2c3c(cccc13)B1c3cccc4c3N(c3cc(N(c5ccccc5)c5ccccc5)cc-2c31)C1(C)CCCCC41C. The van der Waals surface area contributed by atoms with Gasteiger partial charge in [0.05, 0.1) is 16.9 Å². The van der Waals surface area contributed by atoms with E-state index in [9.17, 15) is 0 Å². The van der Waals surface area contributed by atoms with Crippen LogP contribution in [0.25, 0.3) is 27.8 Å². The number of nitrogens with zero attached hydrogens (tertiary/aromatic N) is 3. The second-order valence-electron chi connectivity index (χ2n) is 17.6. The van der Waals surface area contributed by atoms with Crippen LogP contribution in [0.2, 0.25) is 0 Å². The molecular weight excluding hydrogens is 653 g/mol. The van der Waals surface area contributed by atoms with Crippen molar-refractivity contribution >= 4 is 62.4 Å². The van der Waals surface area contributed by atoms with Gasteiger partial charge in [-0.25, -0.2) is 0 Å².